The Balaban J connectivity index is 0.000000278. The predicted octanol–water partition coefficient (Wildman–Crippen LogP) is 3.56. The molecule has 1 fully saturated rings. The molecule has 1 aliphatic rings. The fourth-order valence-electron chi connectivity index (χ4n) is 2.74. The van der Waals surface area contributed by atoms with E-state index < -0.39 is 11.7 Å². The van der Waals surface area contributed by atoms with Gasteiger partial charge in [-0.3, -0.25) is 4.79 Å². The Morgan fingerprint density at radius 1 is 1.31 bits per heavy atom. The number of rotatable bonds is 2. The Morgan fingerprint density at radius 3 is 2.65 bits per heavy atom. The number of aryl methyl sites for hydroxylation is 2. The summed E-state index contributed by atoms with van der Waals surface area (Å²) in [6.07, 6.45) is 5.98. The summed E-state index contributed by atoms with van der Waals surface area (Å²) in [6, 6.07) is 2.98. The first-order valence-corrected chi connectivity index (χ1v) is 9.51. The number of fused-ring (bicyclic) bond motifs is 1. The Labute approximate surface area is 155 Å². The number of thiophene rings is 1. The molecule has 4 heterocycles. The van der Waals surface area contributed by atoms with Crippen molar-refractivity contribution < 1.29 is 9.18 Å². The van der Waals surface area contributed by atoms with Gasteiger partial charge in [0.15, 0.2) is 11.5 Å². The summed E-state index contributed by atoms with van der Waals surface area (Å²) in [5.41, 5.74) is 2.46. The van der Waals surface area contributed by atoms with Crippen molar-refractivity contribution in [2.24, 2.45) is 0 Å². The largest absolute Gasteiger partial charge is 0.317 e. The number of nitrogens with one attached hydrogen (secondary N) is 2. The van der Waals surface area contributed by atoms with E-state index in [1.807, 2.05) is 13.8 Å². The number of aromatic nitrogens is 3. The average Bonchev–Trinajstić information content (AvgIpc) is 3.22. The van der Waals surface area contributed by atoms with E-state index in [4.69, 9.17) is 0 Å². The van der Waals surface area contributed by atoms with Gasteiger partial charge in [0.2, 0.25) is 0 Å². The van der Waals surface area contributed by atoms with Crippen molar-refractivity contribution in [1.29, 1.82) is 0 Å². The van der Waals surface area contributed by atoms with E-state index in [2.05, 4.69) is 20.7 Å². The summed E-state index contributed by atoms with van der Waals surface area (Å²) in [4.78, 5) is 16.3. The first-order chi connectivity index (χ1) is 12.5. The van der Waals surface area contributed by atoms with Crippen LogP contribution < -0.4 is 10.6 Å². The number of nitrogens with zero attached hydrogens (tertiary/aromatic N) is 3. The summed E-state index contributed by atoms with van der Waals surface area (Å²) in [7, 11) is 0. The van der Waals surface area contributed by atoms with Gasteiger partial charge < -0.3 is 10.6 Å². The van der Waals surface area contributed by atoms with E-state index in [1.165, 1.54) is 43.8 Å². The average molecular weight is 375 g/mol. The zero-order chi connectivity index (χ0) is 18.5. The minimum atomic E-state index is -0.524. The Hall–Kier alpha value is -2.32. The highest BCUT2D eigenvalue weighted by molar-refractivity contribution is 7.12. The Morgan fingerprint density at radius 2 is 2.08 bits per heavy atom. The minimum absolute atomic E-state index is 0.0476. The molecule has 3 aromatic heterocycles. The van der Waals surface area contributed by atoms with Crippen LogP contribution in [-0.4, -0.2) is 33.6 Å². The quantitative estimate of drug-likeness (QED) is 0.718. The molecule has 6 nitrogen and oxygen atoms in total. The maximum absolute atomic E-state index is 13.4. The highest BCUT2D eigenvalue weighted by Crippen LogP contribution is 2.18. The standard InChI is InChI=1S/C13H11FN4OS.C5H11N/c1-7-5-10(17-18-6-8(2)15-12(7)18)16-13(19)11-9(14)3-4-20-11;1-2-4-6-5-3-1/h3-6H,1-2H3,(H,16,17,19);6H,1-5H2. The third-order valence-corrected chi connectivity index (χ3v) is 4.89. The fraction of sp³-hybridized carbons (Fsp3) is 0.389. The van der Waals surface area contributed by atoms with Gasteiger partial charge in [-0.2, -0.15) is 0 Å². The van der Waals surface area contributed by atoms with Crippen molar-refractivity contribution in [3.63, 3.8) is 0 Å². The molecule has 0 aliphatic carbocycles. The second-order valence-corrected chi connectivity index (χ2v) is 7.14. The molecule has 1 aliphatic heterocycles. The number of piperidine rings is 1. The third kappa shape index (κ3) is 4.44. The van der Waals surface area contributed by atoms with Gasteiger partial charge >= 0.3 is 0 Å². The summed E-state index contributed by atoms with van der Waals surface area (Å²) in [6.45, 7) is 6.25. The van der Waals surface area contributed by atoms with Crippen LogP contribution in [0.5, 0.6) is 0 Å². The molecule has 26 heavy (non-hydrogen) atoms. The predicted molar refractivity (Wildman–Crippen MR) is 101 cm³/mol. The first kappa shape index (κ1) is 18.5. The lowest BCUT2D eigenvalue weighted by Gasteiger charge is -2.08. The normalized spacial score (nSPS) is 14.0. The van der Waals surface area contributed by atoms with Gasteiger partial charge in [0.25, 0.3) is 5.91 Å². The number of halogens is 1. The van der Waals surface area contributed by atoms with Gasteiger partial charge in [0.1, 0.15) is 10.7 Å². The number of imidazole rings is 1. The van der Waals surface area contributed by atoms with Crippen LogP contribution in [0.15, 0.2) is 23.7 Å². The number of amides is 1. The summed E-state index contributed by atoms with van der Waals surface area (Å²) < 4.78 is 15.0. The molecule has 2 N–H and O–H groups in total. The van der Waals surface area contributed by atoms with E-state index in [0.717, 1.165) is 28.2 Å². The van der Waals surface area contributed by atoms with Crippen molar-refractivity contribution in [2.75, 3.05) is 18.4 Å². The minimum Gasteiger partial charge on any atom is -0.317 e. The zero-order valence-electron chi connectivity index (χ0n) is 14.9. The number of anilines is 1. The van der Waals surface area contributed by atoms with Crippen molar-refractivity contribution in [3.05, 3.63) is 45.7 Å². The molecule has 3 aromatic rings. The van der Waals surface area contributed by atoms with Gasteiger partial charge in [-0.15, -0.1) is 16.4 Å². The molecule has 138 valence electrons. The van der Waals surface area contributed by atoms with E-state index in [0.29, 0.717) is 5.82 Å². The molecule has 1 amide bonds. The fourth-order valence-corrected chi connectivity index (χ4v) is 3.40. The monoisotopic (exact) mass is 375 g/mol. The molecule has 0 radical (unpaired) electrons. The van der Waals surface area contributed by atoms with Crippen molar-refractivity contribution in [1.82, 2.24) is 19.9 Å². The first-order valence-electron chi connectivity index (χ1n) is 8.63. The topological polar surface area (TPSA) is 71.3 Å². The smallest absolute Gasteiger partial charge is 0.269 e. The second kappa shape index (κ2) is 8.37. The molecule has 0 unspecified atom stereocenters. The molecule has 4 rings (SSSR count). The van der Waals surface area contributed by atoms with Crippen molar-refractivity contribution >= 4 is 28.7 Å². The lowest BCUT2D eigenvalue weighted by molar-refractivity contribution is 0.102. The van der Waals surface area contributed by atoms with Gasteiger partial charge in [0, 0.05) is 0 Å². The third-order valence-electron chi connectivity index (χ3n) is 4.00. The van der Waals surface area contributed by atoms with Gasteiger partial charge in [-0.1, -0.05) is 6.42 Å². The van der Waals surface area contributed by atoms with Crippen LogP contribution >= 0.6 is 11.3 Å². The molecular weight excluding hydrogens is 353 g/mol. The molecule has 1 saturated heterocycles. The highest BCUT2D eigenvalue weighted by atomic mass is 32.1. The van der Waals surface area contributed by atoms with Crippen LogP contribution in [0.1, 0.15) is 40.2 Å². The number of carbonyl (C=O) groups excluding carboxylic acids is 1. The lowest BCUT2D eigenvalue weighted by atomic mass is 10.2. The molecule has 0 bridgehead atoms. The number of carbonyl (C=O) groups is 1. The Kier molecular flexibility index (Phi) is 5.95. The number of hydrogen-bond donors (Lipinski definition) is 2. The van der Waals surface area contributed by atoms with E-state index in [1.54, 1.807) is 16.8 Å². The molecule has 0 saturated carbocycles. The van der Waals surface area contributed by atoms with Gasteiger partial charge in [0.05, 0.1) is 11.9 Å². The van der Waals surface area contributed by atoms with Crippen LogP contribution in [0.4, 0.5) is 10.2 Å². The van der Waals surface area contributed by atoms with Gasteiger partial charge in [-0.25, -0.2) is 13.9 Å². The molecular formula is C18H22FN5OS. The van der Waals surface area contributed by atoms with Crippen LogP contribution in [0.3, 0.4) is 0 Å². The van der Waals surface area contributed by atoms with E-state index >= 15 is 0 Å². The van der Waals surface area contributed by atoms with E-state index in [9.17, 15) is 9.18 Å². The van der Waals surface area contributed by atoms with Crippen LogP contribution in [-0.2, 0) is 0 Å². The van der Waals surface area contributed by atoms with Crippen LogP contribution in [0.2, 0.25) is 0 Å². The highest BCUT2D eigenvalue weighted by Gasteiger charge is 2.15. The van der Waals surface area contributed by atoms with Crippen LogP contribution in [0, 0.1) is 19.7 Å². The van der Waals surface area contributed by atoms with Gasteiger partial charge in [-0.05, 0) is 62.9 Å². The molecule has 0 atom stereocenters. The maximum Gasteiger partial charge on any atom is 0.269 e. The Bertz CT molecular complexity index is 889. The zero-order valence-corrected chi connectivity index (χ0v) is 15.7. The number of hydrogen-bond acceptors (Lipinski definition) is 5. The molecule has 0 spiro atoms. The molecule has 8 heteroatoms. The van der Waals surface area contributed by atoms with E-state index in [-0.39, 0.29) is 4.88 Å². The summed E-state index contributed by atoms with van der Waals surface area (Å²) >= 11 is 1.05. The van der Waals surface area contributed by atoms with Crippen molar-refractivity contribution in [2.45, 2.75) is 33.1 Å². The summed E-state index contributed by atoms with van der Waals surface area (Å²) in [5.74, 6) is -0.658. The SMILES string of the molecule is C1CCNCC1.Cc1cn2nc(NC(=O)c3sccc3F)cc(C)c2n1. The second-order valence-electron chi connectivity index (χ2n) is 6.23. The van der Waals surface area contributed by atoms with Crippen LogP contribution in [0.25, 0.3) is 5.65 Å². The maximum atomic E-state index is 13.4. The summed E-state index contributed by atoms with van der Waals surface area (Å²) in [5, 5.41) is 11.7. The lowest BCUT2D eigenvalue weighted by Crippen LogP contribution is -2.21. The molecule has 0 aromatic carbocycles. The van der Waals surface area contributed by atoms with Crippen molar-refractivity contribution in [3.8, 4) is 0 Å².